The molecule has 1 unspecified atom stereocenters. The van der Waals surface area contributed by atoms with Crippen molar-refractivity contribution in [3.8, 4) is 22.5 Å². The van der Waals surface area contributed by atoms with E-state index in [1.54, 1.807) is 0 Å². The van der Waals surface area contributed by atoms with E-state index in [0.29, 0.717) is 0 Å². The van der Waals surface area contributed by atoms with Crippen LogP contribution in [0.4, 0.5) is 5.69 Å². The quantitative estimate of drug-likeness (QED) is 0.143. The van der Waals surface area contributed by atoms with Crippen molar-refractivity contribution >= 4 is 70.5 Å². The molecule has 10 rings (SSSR count). The Hall–Kier alpha value is -6.04. The van der Waals surface area contributed by atoms with Crippen molar-refractivity contribution in [2.75, 3.05) is 0 Å². The van der Waals surface area contributed by atoms with Crippen LogP contribution >= 0.6 is 11.3 Å². The van der Waals surface area contributed by atoms with Crippen molar-refractivity contribution in [1.29, 1.82) is 0 Å². The summed E-state index contributed by atoms with van der Waals surface area (Å²) >= 11 is 1.83. The summed E-state index contributed by atoms with van der Waals surface area (Å²) in [6.07, 6.45) is 8.58. The lowest BCUT2D eigenvalue weighted by atomic mass is 10.0. The predicted molar refractivity (Wildman–Crippen MR) is 201 cm³/mol. The molecular formula is C43H27N4S+. The monoisotopic (exact) mass is 631 g/mol. The first kappa shape index (κ1) is 27.1. The zero-order chi connectivity index (χ0) is 31.6. The van der Waals surface area contributed by atoms with Crippen LogP contribution in [-0.2, 0) is 0 Å². The highest BCUT2D eigenvalue weighted by atomic mass is 32.1. The summed E-state index contributed by atoms with van der Waals surface area (Å²) in [4.78, 5) is 15.6. The molecule has 3 aromatic heterocycles. The molecule has 48 heavy (non-hydrogen) atoms. The highest BCUT2D eigenvalue weighted by Gasteiger charge is 2.38. The molecule has 2 aliphatic rings. The van der Waals surface area contributed by atoms with Gasteiger partial charge in [-0.05, 0) is 65.7 Å². The Bertz CT molecular complexity index is 2720. The fraction of sp³-hybridized carbons (Fsp3) is 0.0233. The van der Waals surface area contributed by atoms with E-state index in [-0.39, 0.29) is 6.04 Å². The molecule has 0 saturated carbocycles. The molecule has 224 valence electrons. The summed E-state index contributed by atoms with van der Waals surface area (Å²) in [7, 11) is 0. The maximum Gasteiger partial charge on any atom is 0.332 e. The largest absolute Gasteiger partial charge is 0.332 e. The third-order valence-electron chi connectivity index (χ3n) is 9.37. The number of allylic oxidation sites excluding steroid dienone is 2. The minimum Gasteiger partial charge on any atom is -0.245 e. The Balaban J connectivity index is 1.16. The number of amidine groups is 1. The molecule has 0 fully saturated rings. The first-order chi connectivity index (χ1) is 23.8. The van der Waals surface area contributed by atoms with Gasteiger partial charge in [0, 0.05) is 42.1 Å². The molecule has 0 amide bonds. The van der Waals surface area contributed by atoms with Gasteiger partial charge in [0.2, 0.25) is 5.71 Å². The molecule has 8 aromatic rings. The van der Waals surface area contributed by atoms with Crippen LogP contribution in [0.3, 0.4) is 0 Å². The lowest BCUT2D eigenvalue weighted by Crippen LogP contribution is -2.27. The number of hydrogen-bond donors (Lipinski definition) is 0. The lowest BCUT2D eigenvalue weighted by molar-refractivity contribution is -0.445. The molecule has 1 atom stereocenters. The fourth-order valence-electron chi connectivity index (χ4n) is 7.07. The summed E-state index contributed by atoms with van der Waals surface area (Å²) < 4.78 is 4.91. The lowest BCUT2D eigenvalue weighted by Gasteiger charge is -2.13. The first-order valence-corrected chi connectivity index (χ1v) is 17.0. The normalized spacial score (nSPS) is 15.6. The van der Waals surface area contributed by atoms with Crippen LogP contribution in [0, 0.1) is 0 Å². The minimum atomic E-state index is 0.0395. The molecule has 1 aliphatic heterocycles. The summed E-state index contributed by atoms with van der Waals surface area (Å²) in [5.74, 6) is 0.972. The summed E-state index contributed by atoms with van der Waals surface area (Å²) in [5.41, 5.74) is 9.23. The van der Waals surface area contributed by atoms with E-state index >= 15 is 0 Å². The number of thiophene rings is 1. The van der Waals surface area contributed by atoms with E-state index in [2.05, 4.69) is 156 Å². The zero-order valence-corrected chi connectivity index (χ0v) is 26.6. The highest BCUT2D eigenvalue weighted by Crippen LogP contribution is 2.42. The third kappa shape index (κ3) is 4.29. The topological polar surface area (TPSA) is 41.1 Å². The number of aromatic nitrogens is 2. The summed E-state index contributed by atoms with van der Waals surface area (Å²) in [6, 6.07) is 47.1. The Morgan fingerprint density at radius 3 is 2.00 bits per heavy atom. The smallest absolute Gasteiger partial charge is 0.245 e. The van der Waals surface area contributed by atoms with Crippen LogP contribution < -0.4 is 0 Å². The molecule has 4 nitrogen and oxygen atoms in total. The molecule has 0 radical (unpaired) electrons. The summed E-state index contributed by atoms with van der Waals surface area (Å²) in [6.45, 7) is 0. The van der Waals surface area contributed by atoms with Crippen molar-refractivity contribution in [3.05, 3.63) is 163 Å². The van der Waals surface area contributed by atoms with Crippen molar-refractivity contribution in [2.24, 2.45) is 4.99 Å². The van der Waals surface area contributed by atoms with Gasteiger partial charge >= 0.3 is 5.84 Å². The Kier molecular flexibility index (Phi) is 6.08. The Morgan fingerprint density at radius 1 is 0.562 bits per heavy atom. The molecule has 0 bridgehead atoms. The van der Waals surface area contributed by atoms with E-state index in [9.17, 15) is 0 Å². The van der Waals surface area contributed by atoms with Gasteiger partial charge in [-0.1, -0.05) is 97.1 Å². The zero-order valence-electron chi connectivity index (χ0n) is 25.8. The van der Waals surface area contributed by atoms with Crippen LogP contribution in [0.1, 0.15) is 5.56 Å². The molecule has 5 heteroatoms. The van der Waals surface area contributed by atoms with Gasteiger partial charge in [0.1, 0.15) is 5.69 Å². The molecule has 0 saturated heterocycles. The molecular weight excluding hydrogens is 605 g/mol. The maximum atomic E-state index is 5.28. The summed E-state index contributed by atoms with van der Waals surface area (Å²) in [5, 5.41) is 4.63. The number of rotatable bonds is 4. The van der Waals surface area contributed by atoms with Gasteiger partial charge < -0.3 is 0 Å². The Morgan fingerprint density at radius 2 is 1.25 bits per heavy atom. The van der Waals surface area contributed by atoms with Crippen LogP contribution in [-0.4, -0.2) is 32.1 Å². The van der Waals surface area contributed by atoms with Gasteiger partial charge in [0.05, 0.1) is 28.0 Å². The maximum absolute atomic E-state index is 5.28. The van der Waals surface area contributed by atoms with Crippen molar-refractivity contribution in [3.63, 3.8) is 0 Å². The Labute approximate surface area is 281 Å². The van der Waals surface area contributed by atoms with Crippen LogP contribution in [0.2, 0.25) is 0 Å². The first-order valence-electron chi connectivity index (χ1n) is 16.2. The number of nitrogens with zero attached hydrogens (tertiary/aromatic N) is 4. The van der Waals surface area contributed by atoms with Gasteiger partial charge in [-0.3, -0.25) is 0 Å². The van der Waals surface area contributed by atoms with Gasteiger partial charge in [0.15, 0.2) is 6.04 Å². The van der Waals surface area contributed by atoms with E-state index in [0.717, 1.165) is 67.1 Å². The average molecular weight is 632 g/mol. The molecule has 5 aromatic carbocycles. The number of aliphatic imine (C=N–C) groups is 1. The van der Waals surface area contributed by atoms with E-state index in [1.807, 2.05) is 17.4 Å². The molecule has 0 N–H and O–H groups in total. The number of hydrogen-bond acceptors (Lipinski definition) is 4. The van der Waals surface area contributed by atoms with E-state index in [4.69, 9.17) is 15.0 Å². The third-order valence-corrected chi connectivity index (χ3v) is 10.5. The average Bonchev–Trinajstić information content (AvgIpc) is 3.74. The molecule has 0 spiro atoms. The molecule has 4 heterocycles. The van der Waals surface area contributed by atoms with Crippen LogP contribution in [0.15, 0.2) is 163 Å². The highest BCUT2D eigenvalue weighted by molar-refractivity contribution is 7.25. The van der Waals surface area contributed by atoms with Crippen molar-refractivity contribution in [2.45, 2.75) is 6.04 Å². The number of pyridine rings is 2. The van der Waals surface area contributed by atoms with Crippen molar-refractivity contribution in [1.82, 2.24) is 9.97 Å². The van der Waals surface area contributed by atoms with Crippen LogP contribution in [0.25, 0.3) is 64.5 Å². The molecule has 1 aliphatic carbocycles. The predicted octanol–water partition coefficient (Wildman–Crippen LogP) is 10.5. The number of benzene rings is 5. The number of fused-ring (bicyclic) bond motifs is 7. The standard InChI is InChI=1S/C43H27N4S/c1-3-10-27(11-4-1)33-23-20-28-18-19-29-21-24-34(45-42(29)41(28)44-33)31-22-25-38-32(26-31)40-37(16-9-17-39(40)48-38)47-36-15-8-7-14-35(36)46-43(47)30-12-5-2-6-13-30/h1-26,36H/q+1. The van der Waals surface area contributed by atoms with Gasteiger partial charge in [-0.2, -0.15) is 0 Å². The second-order valence-electron chi connectivity index (χ2n) is 12.2. The van der Waals surface area contributed by atoms with E-state index in [1.165, 1.54) is 20.2 Å². The van der Waals surface area contributed by atoms with Gasteiger partial charge in [0.25, 0.3) is 0 Å². The van der Waals surface area contributed by atoms with E-state index < -0.39 is 0 Å². The fourth-order valence-corrected chi connectivity index (χ4v) is 8.18. The second kappa shape index (κ2) is 10.8. The SMILES string of the molecule is C1=CC2=NC(c3ccccc3)=[N+](c3cccc4sc5ccc(-c6ccc7ccc8ccc(-c9ccccc9)nc8c7n6)cc5c34)C2C=C1. The minimum absolute atomic E-state index is 0.0395. The van der Waals surface area contributed by atoms with Crippen LogP contribution in [0.5, 0.6) is 0 Å². The second-order valence-corrected chi connectivity index (χ2v) is 13.3. The van der Waals surface area contributed by atoms with Gasteiger partial charge in [-0.15, -0.1) is 11.3 Å². The van der Waals surface area contributed by atoms with Crippen molar-refractivity contribution < 1.29 is 4.58 Å². The van der Waals surface area contributed by atoms with Gasteiger partial charge in [-0.25, -0.2) is 14.5 Å².